The van der Waals surface area contributed by atoms with Gasteiger partial charge in [-0.15, -0.1) is 0 Å². The van der Waals surface area contributed by atoms with Crippen molar-refractivity contribution in [2.75, 3.05) is 25.6 Å². The molecule has 0 unspecified atom stereocenters. The lowest BCUT2D eigenvalue weighted by Crippen LogP contribution is -2.12. The van der Waals surface area contributed by atoms with Crippen LogP contribution in [0.5, 0.6) is 0 Å². The smallest absolute Gasteiger partial charge is 0.137 e. The first-order chi connectivity index (χ1) is 9.61. The summed E-state index contributed by atoms with van der Waals surface area (Å²) in [6, 6.07) is 4.12. The number of nitrogens with zero attached hydrogens (tertiary/aromatic N) is 4. The summed E-state index contributed by atoms with van der Waals surface area (Å²) in [7, 11) is 3.98. The molecule has 0 aromatic carbocycles. The van der Waals surface area contributed by atoms with E-state index in [1.54, 1.807) is 0 Å². The Morgan fingerprint density at radius 1 is 1.30 bits per heavy atom. The van der Waals surface area contributed by atoms with Gasteiger partial charge in [0.1, 0.15) is 17.7 Å². The van der Waals surface area contributed by atoms with E-state index in [-0.39, 0.29) is 6.10 Å². The van der Waals surface area contributed by atoms with E-state index in [4.69, 9.17) is 4.74 Å². The maximum absolute atomic E-state index is 5.62. The zero-order valence-corrected chi connectivity index (χ0v) is 12.6. The Hall–Kier alpha value is -1.88. The van der Waals surface area contributed by atoms with Gasteiger partial charge < -0.3 is 14.2 Å². The molecule has 0 bridgehead atoms. The van der Waals surface area contributed by atoms with E-state index in [2.05, 4.69) is 20.6 Å². The highest BCUT2D eigenvalue weighted by Crippen LogP contribution is 2.17. The lowest BCUT2D eigenvalue weighted by atomic mass is 10.2. The van der Waals surface area contributed by atoms with Crippen LogP contribution in [0.2, 0.25) is 0 Å². The minimum atomic E-state index is 0.00477. The molecule has 0 aliphatic heterocycles. The predicted molar refractivity (Wildman–Crippen MR) is 79.9 cm³/mol. The van der Waals surface area contributed by atoms with Crippen molar-refractivity contribution in [2.45, 2.75) is 26.5 Å². The summed E-state index contributed by atoms with van der Waals surface area (Å²) in [5, 5.41) is 0. The van der Waals surface area contributed by atoms with Gasteiger partial charge in [0.05, 0.1) is 0 Å². The van der Waals surface area contributed by atoms with E-state index >= 15 is 0 Å². The number of hydrogen-bond acceptors (Lipinski definition) is 4. The molecule has 108 valence electrons. The largest absolute Gasteiger partial charge is 0.371 e. The number of aromatic nitrogens is 3. The molecule has 5 heteroatoms. The van der Waals surface area contributed by atoms with Crippen molar-refractivity contribution in [1.29, 1.82) is 0 Å². The van der Waals surface area contributed by atoms with Crippen LogP contribution in [-0.4, -0.2) is 35.2 Å². The molecule has 0 saturated carbocycles. The van der Waals surface area contributed by atoms with E-state index in [0.29, 0.717) is 6.61 Å². The van der Waals surface area contributed by atoms with Gasteiger partial charge in [-0.2, -0.15) is 0 Å². The highest BCUT2D eigenvalue weighted by atomic mass is 16.5. The van der Waals surface area contributed by atoms with Gasteiger partial charge in [0.25, 0.3) is 0 Å². The minimum absolute atomic E-state index is 0.00477. The van der Waals surface area contributed by atoms with Crippen LogP contribution in [0.4, 0.5) is 5.82 Å². The Balaban J connectivity index is 2.18. The van der Waals surface area contributed by atoms with Gasteiger partial charge >= 0.3 is 0 Å². The molecule has 0 saturated heterocycles. The molecule has 2 aromatic heterocycles. The Labute approximate surface area is 120 Å². The van der Waals surface area contributed by atoms with Gasteiger partial charge in [-0.3, -0.25) is 0 Å². The molecule has 0 amide bonds. The molecule has 0 radical (unpaired) electrons. The lowest BCUT2D eigenvalue weighted by Gasteiger charge is -2.15. The van der Waals surface area contributed by atoms with E-state index < -0.39 is 0 Å². The first kappa shape index (κ1) is 14.5. The summed E-state index contributed by atoms with van der Waals surface area (Å²) >= 11 is 0. The van der Waals surface area contributed by atoms with Crippen LogP contribution in [0.15, 0.2) is 30.7 Å². The minimum Gasteiger partial charge on any atom is -0.371 e. The third-order valence-electron chi connectivity index (χ3n) is 3.15. The highest BCUT2D eigenvalue weighted by molar-refractivity contribution is 5.39. The standard InChI is InChI=1S/C15H22N4O/c1-5-20-12(2)15-17-8-9-19(15)11-13-6-7-16-14(10-13)18(3)4/h6-10,12H,5,11H2,1-4H3/t12-/m1/s1. The van der Waals surface area contributed by atoms with E-state index in [0.717, 1.165) is 18.2 Å². The van der Waals surface area contributed by atoms with Crippen LogP contribution in [0.25, 0.3) is 0 Å². The monoisotopic (exact) mass is 274 g/mol. The Morgan fingerprint density at radius 2 is 2.10 bits per heavy atom. The van der Waals surface area contributed by atoms with Gasteiger partial charge in [-0.1, -0.05) is 0 Å². The van der Waals surface area contributed by atoms with Crippen molar-refractivity contribution >= 4 is 5.82 Å². The Morgan fingerprint density at radius 3 is 2.80 bits per heavy atom. The van der Waals surface area contributed by atoms with Crippen molar-refractivity contribution in [2.24, 2.45) is 0 Å². The maximum Gasteiger partial charge on any atom is 0.137 e. The lowest BCUT2D eigenvalue weighted by molar-refractivity contribution is 0.0677. The van der Waals surface area contributed by atoms with Gasteiger partial charge in [0.2, 0.25) is 0 Å². The fourth-order valence-electron chi connectivity index (χ4n) is 2.14. The van der Waals surface area contributed by atoms with Gasteiger partial charge in [0.15, 0.2) is 0 Å². The van der Waals surface area contributed by atoms with Crippen molar-refractivity contribution in [3.05, 3.63) is 42.1 Å². The number of hydrogen-bond donors (Lipinski definition) is 0. The van der Waals surface area contributed by atoms with Gasteiger partial charge in [-0.25, -0.2) is 9.97 Å². The molecule has 0 spiro atoms. The third-order valence-corrected chi connectivity index (χ3v) is 3.15. The quantitative estimate of drug-likeness (QED) is 0.811. The van der Waals surface area contributed by atoms with E-state index in [1.165, 1.54) is 5.56 Å². The van der Waals surface area contributed by atoms with Crippen LogP contribution in [0.1, 0.15) is 31.3 Å². The predicted octanol–water partition coefficient (Wildman–Crippen LogP) is 2.49. The molecule has 1 atom stereocenters. The average Bonchev–Trinajstić information content (AvgIpc) is 2.87. The molecule has 20 heavy (non-hydrogen) atoms. The molecule has 0 aliphatic rings. The van der Waals surface area contributed by atoms with Crippen molar-refractivity contribution in [1.82, 2.24) is 14.5 Å². The molecular formula is C15H22N4O. The Kier molecular flexibility index (Phi) is 4.74. The summed E-state index contributed by atoms with van der Waals surface area (Å²) in [4.78, 5) is 10.7. The van der Waals surface area contributed by atoms with Crippen molar-refractivity contribution in [3.63, 3.8) is 0 Å². The fourth-order valence-corrected chi connectivity index (χ4v) is 2.14. The second-order valence-electron chi connectivity index (χ2n) is 4.93. The fraction of sp³-hybridized carbons (Fsp3) is 0.467. The number of imidazole rings is 1. The van der Waals surface area contributed by atoms with Crippen LogP contribution in [0, 0.1) is 0 Å². The summed E-state index contributed by atoms with van der Waals surface area (Å²) < 4.78 is 7.74. The molecular weight excluding hydrogens is 252 g/mol. The summed E-state index contributed by atoms with van der Waals surface area (Å²) in [5.41, 5.74) is 1.20. The van der Waals surface area contributed by atoms with Crippen LogP contribution < -0.4 is 4.90 Å². The van der Waals surface area contributed by atoms with Crippen molar-refractivity contribution in [3.8, 4) is 0 Å². The first-order valence-electron chi connectivity index (χ1n) is 6.86. The number of rotatable bonds is 6. The summed E-state index contributed by atoms with van der Waals surface area (Å²) in [6.45, 7) is 5.49. The zero-order valence-electron chi connectivity index (χ0n) is 12.6. The van der Waals surface area contributed by atoms with Gasteiger partial charge in [-0.05, 0) is 31.5 Å². The molecule has 0 aliphatic carbocycles. The first-order valence-corrected chi connectivity index (χ1v) is 6.86. The maximum atomic E-state index is 5.62. The average molecular weight is 274 g/mol. The SMILES string of the molecule is CCO[C@H](C)c1nccn1Cc1ccnc(N(C)C)c1. The second kappa shape index (κ2) is 6.52. The number of ether oxygens (including phenoxy) is 1. The molecule has 2 heterocycles. The zero-order chi connectivity index (χ0) is 14.5. The molecule has 0 fully saturated rings. The number of anilines is 1. The van der Waals surface area contributed by atoms with Crippen molar-refractivity contribution < 1.29 is 4.74 Å². The van der Waals surface area contributed by atoms with E-state index in [1.807, 2.05) is 57.5 Å². The van der Waals surface area contributed by atoms with E-state index in [9.17, 15) is 0 Å². The van der Waals surface area contributed by atoms with Crippen LogP contribution in [0.3, 0.4) is 0 Å². The van der Waals surface area contributed by atoms with Crippen LogP contribution >= 0.6 is 0 Å². The Bertz CT molecular complexity index is 550. The molecule has 0 N–H and O–H groups in total. The summed E-state index contributed by atoms with van der Waals surface area (Å²) in [5.74, 6) is 1.91. The normalized spacial score (nSPS) is 12.4. The highest BCUT2D eigenvalue weighted by Gasteiger charge is 2.12. The van der Waals surface area contributed by atoms with Crippen LogP contribution in [-0.2, 0) is 11.3 Å². The second-order valence-corrected chi connectivity index (χ2v) is 4.93. The molecule has 2 aromatic rings. The summed E-state index contributed by atoms with van der Waals surface area (Å²) in [6.07, 6.45) is 5.65. The topological polar surface area (TPSA) is 43.2 Å². The third kappa shape index (κ3) is 3.36. The molecule has 5 nitrogen and oxygen atoms in total. The van der Waals surface area contributed by atoms with Gasteiger partial charge in [0, 0.05) is 45.8 Å². The number of pyridine rings is 1. The molecule has 2 rings (SSSR count).